The number of imidazole rings is 1. The second-order valence-corrected chi connectivity index (χ2v) is 5.80. The molecular weight excluding hydrogens is 232 g/mol. The molecule has 0 spiro atoms. The molecule has 3 rings (SSSR count). The monoisotopic (exact) mass is 246 g/mol. The summed E-state index contributed by atoms with van der Waals surface area (Å²) >= 11 is 1.65. The second kappa shape index (κ2) is 3.31. The van der Waals surface area contributed by atoms with Gasteiger partial charge in [-0.1, -0.05) is 23.5 Å². The molecule has 0 saturated carbocycles. The van der Waals surface area contributed by atoms with Gasteiger partial charge in [-0.15, -0.1) is 0 Å². The van der Waals surface area contributed by atoms with Crippen LogP contribution >= 0.6 is 11.3 Å². The summed E-state index contributed by atoms with van der Waals surface area (Å²) in [4.78, 5) is 5.48. The van der Waals surface area contributed by atoms with E-state index in [0.717, 1.165) is 21.9 Å². The van der Waals surface area contributed by atoms with Gasteiger partial charge in [0.1, 0.15) is 5.60 Å². The van der Waals surface area contributed by atoms with Gasteiger partial charge < -0.3 is 5.11 Å². The molecule has 1 N–H and O–H groups in total. The Bertz CT molecular complexity index is 703. The van der Waals surface area contributed by atoms with Crippen molar-refractivity contribution in [3.8, 4) is 0 Å². The van der Waals surface area contributed by atoms with Gasteiger partial charge in [0.15, 0.2) is 4.96 Å². The summed E-state index contributed by atoms with van der Waals surface area (Å²) in [5.41, 5.74) is 2.01. The molecule has 0 fully saturated rings. The summed E-state index contributed by atoms with van der Waals surface area (Å²) in [6, 6.07) is 8.18. The summed E-state index contributed by atoms with van der Waals surface area (Å²) in [7, 11) is 0. The molecule has 0 aliphatic rings. The topological polar surface area (TPSA) is 37.5 Å². The number of aromatic nitrogens is 2. The van der Waals surface area contributed by atoms with E-state index in [1.54, 1.807) is 25.2 Å². The van der Waals surface area contributed by atoms with Gasteiger partial charge in [0.2, 0.25) is 0 Å². The van der Waals surface area contributed by atoms with Crippen LogP contribution in [0.15, 0.2) is 24.3 Å². The fourth-order valence-electron chi connectivity index (χ4n) is 2.34. The Kier molecular flexibility index (Phi) is 2.09. The zero-order chi connectivity index (χ0) is 12.2. The first-order valence-corrected chi connectivity index (χ1v) is 6.39. The lowest BCUT2D eigenvalue weighted by Gasteiger charge is -2.17. The van der Waals surface area contributed by atoms with Crippen molar-refractivity contribution in [3.63, 3.8) is 0 Å². The van der Waals surface area contributed by atoms with E-state index in [9.17, 15) is 5.11 Å². The van der Waals surface area contributed by atoms with Gasteiger partial charge in [0.05, 0.1) is 21.6 Å². The summed E-state index contributed by atoms with van der Waals surface area (Å²) in [5.74, 6) is 0. The number of hydrogen-bond acceptors (Lipinski definition) is 3. The minimum atomic E-state index is -0.882. The molecular formula is C13H14N2OS. The number of fused-ring (bicyclic) bond motifs is 3. The maximum Gasteiger partial charge on any atom is 0.195 e. The van der Waals surface area contributed by atoms with Crippen molar-refractivity contribution < 1.29 is 5.11 Å². The molecule has 4 heteroatoms. The predicted octanol–water partition coefficient (Wildman–Crippen LogP) is 3.08. The van der Waals surface area contributed by atoms with Crippen LogP contribution in [-0.4, -0.2) is 14.5 Å². The van der Waals surface area contributed by atoms with Crippen LogP contribution in [0.2, 0.25) is 0 Å². The number of benzene rings is 1. The molecule has 88 valence electrons. The van der Waals surface area contributed by atoms with Crippen molar-refractivity contribution in [1.82, 2.24) is 9.38 Å². The van der Waals surface area contributed by atoms with Crippen LogP contribution in [0.4, 0.5) is 0 Å². The van der Waals surface area contributed by atoms with Crippen LogP contribution in [0.1, 0.15) is 25.2 Å². The Labute approximate surface area is 103 Å². The third kappa shape index (κ3) is 1.48. The van der Waals surface area contributed by atoms with Crippen LogP contribution in [0.5, 0.6) is 0 Å². The highest BCUT2D eigenvalue weighted by Gasteiger charge is 2.26. The Morgan fingerprint density at radius 1 is 1.29 bits per heavy atom. The number of para-hydroxylation sites is 1. The molecule has 0 saturated heterocycles. The second-order valence-electron chi connectivity index (χ2n) is 4.79. The summed E-state index contributed by atoms with van der Waals surface area (Å²) in [6.07, 6.45) is 0. The Morgan fingerprint density at radius 2 is 2.00 bits per heavy atom. The first-order valence-electron chi connectivity index (χ1n) is 5.58. The van der Waals surface area contributed by atoms with Gasteiger partial charge in [0.25, 0.3) is 0 Å². The Morgan fingerprint density at radius 3 is 2.71 bits per heavy atom. The fourth-order valence-corrected chi connectivity index (χ4v) is 3.41. The average Bonchev–Trinajstić information content (AvgIpc) is 2.70. The third-order valence-electron chi connectivity index (χ3n) is 2.91. The van der Waals surface area contributed by atoms with Crippen molar-refractivity contribution >= 4 is 26.5 Å². The van der Waals surface area contributed by atoms with E-state index in [-0.39, 0.29) is 0 Å². The molecule has 0 aliphatic carbocycles. The Balaban J connectivity index is 2.52. The highest BCUT2D eigenvalue weighted by molar-refractivity contribution is 7.23. The van der Waals surface area contributed by atoms with Crippen LogP contribution in [0.3, 0.4) is 0 Å². The fraction of sp³-hybridized carbons (Fsp3) is 0.308. The maximum absolute atomic E-state index is 10.3. The lowest BCUT2D eigenvalue weighted by atomic mass is 10.0. The van der Waals surface area contributed by atoms with Gasteiger partial charge in [-0.3, -0.25) is 4.40 Å². The van der Waals surface area contributed by atoms with Crippen molar-refractivity contribution in [2.75, 3.05) is 0 Å². The lowest BCUT2D eigenvalue weighted by molar-refractivity contribution is 0.0726. The van der Waals surface area contributed by atoms with E-state index in [0.29, 0.717) is 0 Å². The lowest BCUT2D eigenvalue weighted by Crippen LogP contribution is -2.19. The van der Waals surface area contributed by atoms with Gasteiger partial charge in [-0.05, 0) is 32.9 Å². The molecule has 0 unspecified atom stereocenters. The quantitative estimate of drug-likeness (QED) is 0.716. The van der Waals surface area contributed by atoms with Crippen molar-refractivity contribution in [2.45, 2.75) is 26.4 Å². The highest BCUT2D eigenvalue weighted by atomic mass is 32.1. The van der Waals surface area contributed by atoms with Crippen LogP contribution < -0.4 is 0 Å². The molecule has 0 radical (unpaired) electrons. The van der Waals surface area contributed by atoms with Crippen LogP contribution in [0, 0.1) is 6.92 Å². The van der Waals surface area contributed by atoms with E-state index < -0.39 is 5.60 Å². The van der Waals surface area contributed by atoms with E-state index in [2.05, 4.69) is 21.5 Å². The number of thiazole rings is 1. The summed E-state index contributed by atoms with van der Waals surface area (Å²) in [6.45, 7) is 5.55. The zero-order valence-electron chi connectivity index (χ0n) is 10.1. The highest BCUT2D eigenvalue weighted by Crippen LogP contribution is 2.32. The first kappa shape index (κ1) is 10.7. The molecule has 2 heterocycles. The van der Waals surface area contributed by atoms with E-state index in [1.807, 2.05) is 19.1 Å². The molecule has 0 atom stereocenters. The van der Waals surface area contributed by atoms with E-state index in [1.165, 1.54) is 4.70 Å². The minimum absolute atomic E-state index is 0.880. The maximum atomic E-state index is 10.3. The van der Waals surface area contributed by atoms with Gasteiger partial charge >= 0.3 is 0 Å². The summed E-state index contributed by atoms with van der Waals surface area (Å²) < 4.78 is 3.26. The van der Waals surface area contributed by atoms with Gasteiger partial charge in [0, 0.05) is 0 Å². The number of aliphatic hydroxyl groups is 1. The Hall–Kier alpha value is -1.39. The summed E-state index contributed by atoms with van der Waals surface area (Å²) in [5, 5.41) is 10.3. The van der Waals surface area contributed by atoms with Gasteiger partial charge in [-0.2, -0.15) is 0 Å². The van der Waals surface area contributed by atoms with Crippen LogP contribution in [-0.2, 0) is 5.60 Å². The molecule has 0 aliphatic heterocycles. The molecule has 0 bridgehead atoms. The normalized spacial score (nSPS) is 12.7. The smallest absolute Gasteiger partial charge is 0.195 e. The van der Waals surface area contributed by atoms with Crippen molar-refractivity contribution in [1.29, 1.82) is 0 Å². The molecule has 2 aromatic heterocycles. The first-order chi connectivity index (χ1) is 7.98. The molecule has 1 aromatic carbocycles. The van der Waals surface area contributed by atoms with Crippen molar-refractivity contribution in [3.05, 3.63) is 35.7 Å². The number of nitrogens with zero attached hydrogens (tertiary/aromatic N) is 2. The predicted molar refractivity (Wildman–Crippen MR) is 70.6 cm³/mol. The number of hydrogen-bond donors (Lipinski definition) is 1. The van der Waals surface area contributed by atoms with Crippen molar-refractivity contribution in [2.24, 2.45) is 0 Å². The third-order valence-corrected chi connectivity index (χ3v) is 3.93. The molecule has 3 nitrogen and oxygen atoms in total. The number of rotatable bonds is 1. The van der Waals surface area contributed by atoms with E-state index in [4.69, 9.17) is 0 Å². The average molecular weight is 246 g/mol. The van der Waals surface area contributed by atoms with Gasteiger partial charge in [-0.25, -0.2) is 4.98 Å². The largest absolute Gasteiger partial charge is 0.384 e. The number of aryl methyl sites for hydroxylation is 1. The molecule has 17 heavy (non-hydrogen) atoms. The zero-order valence-corrected chi connectivity index (χ0v) is 10.9. The molecule has 0 amide bonds. The minimum Gasteiger partial charge on any atom is -0.384 e. The SMILES string of the molecule is Cc1nc2sc3ccccc3n2c1C(C)(C)O. The van der Waals surface area contributed by atoms with Crippen LogP contribution in [0.25, 0.3) is 15.2 Å². The molecule has 3 aromatic rings. The van der Waals surface area contributed by atoms with E-state index >= 15 is 0 Å². The standard InChI is InChI=1S/C13H14N2OS/c1-8-11(13(2,3)16)15-9-6-4-5-7-10(9)17-12(15)14-8/h4-7,16H,1-3H3.